The van der Waals surface area contributed by atoms with Crippen molar-refractivity contribution >= 4 is 21.9 Å². The number of alkyl halides is 1. The first-order chi connectivity index (χ1) is 7.52. The zero-order valence-corrected chi connectivity index (χ0v) is 12.0. The van der Waals surface area contributed by atoms with Crippen molar-refractivity contribution in [3.05, 3.63) is 12.3 Å². The fraction of sp³-hybridized carbons (Fsp3) is 0.750. The predicted octanol–water partition coefficient (Wildman–Crippen LogP) is 3.28. The van der Waals surface area contributed by atoms with Crippen LogP contribution in [0, 0.1) is 5.41 Å². The molecule has 0 spiro atoms. The molecule has 0 aromatic rings. The lowest BCUT2D eigenvalue weighted by Crippen LogP contribution is -2.41. The predicted molar refractivity (Wildman–Crippen MR) is 68.5 cm³/mol. The fourth-order valence-corrected chi connectivity index (χ4v) is 2.13. The van der Waals surface area contributed by atoms with E-state index in [1.165, 1.54) is 0 Å². The van der Waals surface area contributed by atoms with Crippen LogP contribution in [0.5, 0.6) is 0 Å². The van der Waals surface area contributed by atoms with Gasteiger partial charge < -0.3 is 9.47 Å². The van der Waals surface area contributed by atoms with Crippen LogP contribution in [0.4, 0.5) is 0 Å². The summed E-state index contributed by atoms with van der Waals surface area (Å²) in [4.78, 5) is 11.9. The van der Waals surface area contributed by atoms with E-state index in [1.807, 2.05) is 27.7 Å². The molecule has 0 unspecified atom stereocenters. The van der Waals surface area contributed by atoms with Crippen molar-refractivity contribution in [2.75, 3.05) is 11.9 Å². The molecule has 4 heteroatoms. The van der Waals surface area contributed by atoms with E-state index in [0.29, 0.717) is 13.0 Å². The van der Waals surface area contributed by atoms with E-state index in [4.69, 9.17) is 9.47 Å². The van der Waals surface area contributed by atoms with Crippen LogP contribution in [0.25, 0.3) is 0 Å². The van der Waals surface area contributed by atoms with Gasteiger partial charge in [0, 0.05) is 5.33 Å². The molecule has 0 radical (unpaired) electrons. The number of hydrogen-bond acceptors (Lipinski definition) is 3. The summed E-state index contributed by atoms with van der Waals surface area (Å²) in [6.07, 6.45) is 3.89. The van der Waals surface area contributed by atoms with Crippen LogP contribution < -0.4 is 0 Å². The SMILES string of the molecule is C/C=C\O[C@@H](C)[C@@](C)(CCBr)C(=O)OCC. The second kappa shape index (κ2) is 7.71. The molecule has 0 aliphatic heterocycles. The van der Waals surface area contributed by atoms with Crippen molar-refractivity contribution in [1.82, 2.24) is 0 Å². The average molecular weight is 293 g/mol. The number of rotatable bonds is 7. The quantitative estimate of drug-likeness (QED) is 0.410. The van der Waals surface area contributed by atoms with Crippen molar-refractivity contribution in [3.63, 3.8) is 0 Å². The molecule has 0 bridgehead atoms. The molecular weight excluding hydrogens is 272 g/mol. The number of halogens is 1. The molecule has 0 aromatic heterocycles. The van der Waals surface area contributed by atoms with E-state index in [-0.39, 0.29) is 12.1 Å². The molecule has 94 valence electrons. The van der Waals surface area contributed by atoms with Gasteiger partial charge in [-0.2, -0.15) is 0 Å². The molecule has 0 N–H and O–H groups in total. The second-order valence-electron chi connectivity index (χ2n) is 3.82. The van der Waals surface area contributed by atoms with Crippen LogP contribution in [-0.2, 0) is 14.3 Å². The van der Waals surface area contributed by atoms with Gasteiger partial charge in [0.1, 0.15) is 11.5 Å². The van der Waals surface area contributed by atoms with Crippen LogP contribution in [0.1, 0.15) is 34.1 Å². The molecule has 0 rings (SSSR count). The third-order valence-corrected chi connectivity index (χ3v) is 3.07. The molecule has 0 saturated heterocycles. The van der Waals surface area contributed by atoms with Gasteiger partial charge in [-0.1, -0.05) is 22.0 Å². The Morgan fingerprint density at radius 3 is 2.62 bits per heavy atom. The number of allylic oxidation sites excluding steroid dienone is 1. The minimum atomic E-state index is -0.612. The third-order valence-electron chi connectivity index (χ3n) is 2.67. The van der Waals surface area contributed by atoms with Crippen LogP contribution in [0.2, 0.25) is 0 Å². The Bertz CT molecular complexity index is 240. The number of carbonyl (C=O) groups excluding carboxylic acids is 1. The average Bonchev–Trinajstić information content (AvgIpc) is 2.26. The zero-order valence-electron chi connectivity index (χ0n) is 10.5. The molecule has 0 saturated carbocycles. The monoisotopic (exact) mass is 292 g/mol. The largest absolute Gasteiger partial charge is 0.497 e. The molecule has 0 aliphatic carbocycles. The molecule has 0 fully saturated rings. The molecule has 16 heavy (non-hydrogen) atoms. The summed E-state index contributed by atoms with van der Waals surface area (Å²) in [7, 11) is 0. The summed E-state index contributed by atoms with van der Waals surface area (Å²) >= 11 is 3.36. The highest BCUT2D eigenvalue weighted by Gasteiger charge is 2.40. The van der Waals surface area contributed by atoms with E-state index < -0.39 is 5.41 Å². The third kappa shape index (κ3) is 4.16. The lowest BCUT2D eigenvalue weighted by atomic mass is 9.82. The Morgan fingerprint density at radius 2 is 2.19 bits per heavy atom. The van der Waals surface area contributed by atoms with Crippen LogP contribution in [-0.4, -0.2) is 24.0 Å². The van der Waals surface area contributed by atoms with E-state index in [2.05, 4.69) is 15.9 Å². The van der Waals surface area contributed by atoms with Gasteiger partial charge in [-0.15, -0.1) is 0 Å². The maximum Gasteiger partial charge on any atom is 0.315 e. The highest BCUT2D eigenvalue weighted by molar-refractivity contribution is 9.09. The van der Waals surface area contributed by atoms with Crippen LogP contribution >= 0.6 is 15.9 Å². The van der Waals surface area contributed by atoms with Crippen molar-refractivity contribution in [1.29, 1.82) is 0 Å². The Hall–Kier alpha value is -0.510. The number of carbonyl (C=O) groups is 1. The minimum Gasteiger partial charge on any atom is -0.497 e. The molecule has 0 heterocycles. The van der Waals surface area contributed by atoms with Crippen LogP contribution in [0.3, 0.4) is 0 Å². The van der Waals surface area contributed by atoms with Gasteiger partial charge >= 0.3 is 5.97 Å². The zero-order chi connectivity index (χ0) is 12.6. The van der Waals surface area contributed by atoms with Gasteiger partial charge in [0.2, 0.25) is 0 Å². The lowest BCUT2D eigenvalue weighted by molar-refractivity contribution is -0.161. The van der Waals surface area contributed by atoms with Crippen molar-refractivity contribution < 1.29 is 14.3 Å². The van der Waals surface area contributed by atoms with Crippen molar-refractivity contribution in [2.24, 2.45) is 5.41 Å². The standard InChI is InChI=1S/C12H21BrO3/c1-5-9-16-10(3)12(4,7-8-13)11(14)15-6-2/h5,9-10H,6-8H2,1-4H3/b9-5-/t10-,12+/m0/s1. The highest BCUT2D eigenvalue weighted by atomic mass is 79.9. The van der Waals surface area contributed by atoms with Crippen molar-refractivity contribution in [2.45, 2.75) is 40.2 Å². The van der Waals surface area contributed by atoms with Crippen molar-refractivity contribution in [3.8, 4) is 0 Å². The molecule has 0 aliphatic rings. The second-order valence-corrected chi connectivity index (χ2v) is 4.62. The lowest BCUT2D eigenvalue weighted by Gasteiger charge is -2.31. The smallest absolute Gasteiger partial charge is 0.315 e. The number of hydrogen-bond donors (Lipinski definition) is 0. The van der Waals surface area contributed by atoms with Gasteiger partial charge in [-0.05, 0) is 34.1 Å². The van der Waals surface area contributed by atoms with Gasteiger partial charge in [0.25, 0.3) is 0 Å². The van der Waals surface area contributed by atoms with Gasteiger partial charge in [0.15, 0.2) is 0 Å². The summed E-state index contributed by atoms with van der Waals surface area (Å²) in [5.41, 5.74) is -0.612. The normalized spacial score (nSPS) is 16.8. The molecule has 0 aromatic carbocycles. The van der Waals surface area contributed by atoms with E-state index in [0.717, 1.165) is 5.33 Å². The Kier molecular flexibility index (Phi) is 7.47. The molecule has 0 amide bonds. The first-order valence-corrected chi connectivity index (χ1v) is 6.64. The van der Waals surface area contributed by atoms with Crippen LogP contribution in [0.15, 0.2) is 12.3 Å². The summed E-state index contributed by atoms with van der Waals surface area (Å²) in [6.45, 7) is 7.84. The summed E-state index contributed by atoms with van der Waals surface area (Å²) in [6, 6.07) is 0. The first kappa shape index (κ1) is 15.5. The number of ether oxygens (including phenoxy) is 2. The Labute approximate surface area is 106 Å². The van der Waals surface area contributed by atoms with E-state index in [1.54, 1.807) is 12.3 Å². The minimum absolute atomic E-state index is 0.202. The van der Waals surface area contributed by atoms with Gasteiger partial charge in [-0.3, -0.25) is 4.79 Å². The maximum absolute atomic E-state index is 11.9. The summed E-state index contributed by atoms with van der Waals surface area (Å²) < 4.78 is 10.6. The summed E-state index contributed by atoms with van der Waals surface area (Å²) in [5.74, 6) is -0.202. The fourth-order valence-electron chi connectivity index (χ4n) is 1.31. The topological polar surface area (TPSA) is 35.5 Å². The number of esters is 1. The van der Waals surface area contributed by atoms with E-state index >= 15 is 0 Å². The first-order valence-electron chi connectivity index (χ1n) is 5.52. The van der Waals surface area contributed by atoms with Gasteiger partial charge in [0.05, 0.1) is 12.9 Å². The molecule has 2 atom stereocenters. The molecule has 3 nitrogen and oxygen atoms in total. The highest BCUT2D eigenvalue weighted by Crippen LogP contribution is 2.31. The van der Waals surface area contributed by atoms with E-state index in [9.17, 15) is 4.79 Å². The summed E-state index contributed by atoms with van der Waals surface area (Å²) in [5, 5.41) is 0.742. The molecular formula is C12H21BrO3. The Balaban J connectivity index is 4.71. The Morgan fingerprint density at radius 1 is 1.56 bits per heavy atom. The van der Waals surface area contributed by atoms with Gasteiger partial charge in [-0.25, -0.2) is 0 Å². The maximum atomic E-state index is 11.9.